The van der Waals surface area contributed by atoms with Gasteiger partial charge in [-0.15, -0.1) is 0 Å². The fourth-order valence-corrected chi connectivity index (χ4v) is 2.31. The Bertz CT molecular complexity index is 286. The van der Waals surface area contributed by atoms with Crippen LogP contribution < -0.4 is 5.32 Å². The first-order chi connectivity index (χ1) is 7.20. The van der Waals surface area contributed by atoms with Crippen molar-refractivity contribution in [2.45, 2.75) is 44.8 Å². The zero-order valence-electron chi connectivity index (χ0n) is 11.0. The number of hydrogen-bond donors (Lipinski definition) is 1. The van der Waals surface area contributed by atoms with Crippen molar-refractivity contribution in [2.75, 3.05) is 26.2 Å². The predicted molar refractivity (Wildman–Crippen MR) is 67.5 cm³/mol. The van der Waals surface area contributed by atoms with E-state index in [1.807, 2.05) is 20.9 Å². The van der Waals surface area contributed by atoms with E-state index in [9.17, 15) is 8.42 Å². The Morgan fingerprint density at radius 2 is 1.94 bits per heavy atom. The molecule has 1 N–H and O–H groups in total. The van der Waals surface area contributed by atoms with Crippen molar-refractivity contribution >= 4 is 9.84 Å². The van der Waals surface area contributed by atoms with Gasteiger partial charge in [0.1, 0.15) is 9.84 Å². The van der Waals surface area contributed by atoms with E-state index >= 15 is 0 Å². The predicted octanol–water partition coefficient (Wildman–Crippen LogP) is 1.21. The summed E-state index contributed by atoms with van der Waals surface area (Å²) in [4.78, 5) is 0. The maximum atomic E-state index is 11.0. The fraction of sp³-hybridized carbons (Fsp3) is 1.00. The number of rotatable bonds is 8. The molecule has 0 aromatic rings. The standard InChI is InChI=1S/C11H25NO3S/c1-11(2,15-4)9-10(12-3)7-6-8-16(5,13)14/h10,12H,6-9H2,1-5H3. The van der Waals surface area contributed by atoms with Crippen LogP contribution in [0.25, 0.3) is 0 Å². The van der Waals surface area contributed by atoms with Crippen molar-refractivity contribution in [3.63, 3.8) is 0 Å². The van der Waals surface area contributed by atoms with Gasteiger partial charge in [-0.2, -0.15) is 0 Å². The van der Waals surface area contributed by atoms with Crippen LogP contribution in [-0.2, 0) is 14.6 Å². The molecule has 0 bridgehead atoms. The largest absolute Gasteiger partial charge is 0.379 e. The number of hydrogen-bond acceptors (Lipinski definition) is 4. The Morgan fingerprint density at radius 3 is 2.31 bits per heavy atom. The Kier molecular flexibility index (Phi) is 6.51. The molecule has 0 rings (SSSR count). The molecule has 0 radical (unpaired) electrons. The molecule has 0 amide bonds. The first-order valence-electron chi connectivity index (χ1n) is 5.60. The van der Waals surface area contributed by atoms with Crippen molar-refractivity contribution < 1.29 is 13.2 Å². The molecule has 16 heavy (non-hydrogen) atoms. The average Bonchev–Trinajstić information content (AvgIpc) is 2.14. The van der Waals surface area contributed by atoms with Gasteiger partial charge in [-0.05, 0) is 40.2 Å². The van der Waals surface area contributed by atoms with E-state index in [1.54, 1.807) is 7.11 Å². The van der Waals surface area contributed by atoms with Crippen LogP contribution in [-0.4, -0.2) is 46.2 Å². The van der Waals surface area contributed by atoms with Gasteiger partial charge in [0.05, 0.1) is 5.60 Å². The van der Waals surface area contributed by atoms with Gasteiger partial charge in [-0.1, -0.05) is 0 Å². The van der Waals surface area contributed by atoms with Gasteiger partial charge in [-0.3, -0.25) is 0 Å². The van der Waals surface area contributed by atoms with Crippen molar-refractivity contribution in [3.05, 3.63) is 0 Å². The third kappa shape index (κ3) is 8.07. The smallest absolute Gasteiger partial charge is 0.147 e. The van der Waals surface area contributed by atoms with E-state index in [0.29, 0.717) is 12.5 Å². The van der Waals surface area contributed by atoms with Crippen LogP contribution in [0.4, 0.5) is 0 Å². The second-order valence-corrected chi connectivity index (χ2v) is 7.19. The van der Waals surface area contributed by atoms with E-state index < -0.39 is 9.84 Å². The molecule has 0 fully saturated rings. The maximum Gasteiger partial charge on any atom is 0.147 e. The molecule has 0 aromatic carbocycles. The van der Waals surface area contributed by atoms with Crippen molar-refractivity contribution in [2.24, 2.45) is 0 Å². The van der Waals surface area contributed by atoms with Crippen molar-refractivity contribution in [1.82, 2.24) is 5.32 Å². The molecule has 1 unspecified atom stereocenters. The van der Waals surface area contributed by atoms with Crippen molar-refractivity contribution in [3.8, 4) is 0 Å². The summed E-state index contributed by atoms with van der Waals surface area (Å²) in [5.74, 6) is 0.262. The molecule has 98 valence electrons. The Morgan fingerprint density at radius 1 is 1.38 bits per heavy atom. The summed E-state index contributed by atoms with van der Waals surface area (Å²) < 4.78 is 27.4. The zero-order valence-corrected chi connectivity index (χ0v) is 11.9. The van der Waals surface area contributed by atoms with Crippen LogP contribution in [0.1, 0.15) is 33.1 Å². The highest BCUT2D eigenvalue weighted by molar-refractivity contribution is 7.90. The summed E-state index contributed by atoms with van der Waals surface area (Å²) in [6.45, 7) is 4.07. The van der Waals surface area contributed by atoms with Gasteiger partial charge >= 0.3 is 0 Å². The van der Waals surface area contributed by atoms with Gasteiger partial charge in [0.2, 0.25) is 0 Å². The molecule has 0 aliphatic heterocycles. The summed E-state index contributed by atoms with van der Waals surface area (Å²) in [6.07, 6.45) is 3.71. The van der Waals surface area contributed by atoms with E-state index in [-0.39, 0.29) is 11.4 Å². The Hall–Kier alpha value is -0.130. The van der Waals surface area contributed by atoms with Gasteiger partial charge in [0.25, 0.3) is 0 Å². The zero-order chi connectivity index (χ0) is 12.8. The van der Waals surface area contributed by atoms with E-state index in [4.69, 9.17) is 4.74 Å². The second-order valence-electron chi connectivity index (χ2n) is 4.93. The quantitative estimate of drug-likeness (QED) is 0.704. The minimum atomic E-state index is -2.84. The number of ether oxygens (including phenoxy) is 1. The minimum absolute atomic E-state index is 0.168. The summed E-state index contributed by atoms with van der Waals surface area (Å²) in [6, 6.07) is 0.302. The maximum absolute atomic E-state index is 11.0. The van der Waals surface area contributed by atoms with Gasteiger partial charge in [0, 0.05) is 25.2 Å². The van der Waals surface area contributed by atoms with Crippen LogP contribution in [0.3, 0.4) is 0 Å². The first kappa shape index (κ1) is 15.9. The average molecular weight is 251 g/mol. The molecule has 0 aliphatic rings. The molecular formula is C11H25NO3S. The highest BCUT2D eigenvalue weighted by atomic mass is 32.2. The summed E-state index contributed by atoms with van der Waals surface area (Å²) in [5, 5.41) is 3.20. The minimum Gasteiger partial charge on any atom is -0.379 e. The van der Waals surface area contributed by atoms with Gasteiger partial charge in [-0.25, -0.2) is 8.42 Å². The van der Waals surface area contributed by atoms with Gasteiger partial charge in [0.15, 0.2) is 0 Å². The molecule has 1 atom stereocenters. The lowest BCUT2D eigenvalue weighted by Crippen LogP contribution is -2.36. The lowest BCUT2D eigenvalue weighted by molar-refractivity contribution is 0.00698. The van der Waals surface area contributed by atoms with Crippen molar-refractivity contribution in [1.29, 1.82) is 0 Å². The highest BCUT2D eigenvalue weighted by Gasteiger charge is 2.21. The van der Waals surface area contributed by atoms with Gasteiger partial charge < -0.3 is 10.1 Å². The Balaban J connectivity index is 4.03. The van der Waals surface area contributed by atoms with Crippen LogP contribution in [0, 0.1) is 0 Å². The van der Waals surface area contributed by atoms with Crippen LogP contribution >= 0.6 is 0 Å². The molecule has 0 saturated heterocycles. The summed E-state index contributed by atoms with van der Waals surface area (Å²) in [7, 11) is 0.761. The molecule has 0 spiro atoms. The monoisotopic (exact) mass is 251 g/mol. The fourth-order valence-electron chi connectivity index (χ4n) is 1.62. The van der Waals surface area contributed by atoms with E-state index in [0.717, 1.165) is 12.8 Å². The van der Waals surface area contributed by atoms with Crippen LogP contribution in [0.5, 0.6) is 0 Å². The number of sulfone groups is 1. The molecule has 0 saturated carbocycles. The lowest BCUT2D eigenvalue weighted by atomic mass is 9.96. The third-order valence-corrected chi connectivity index (χ3v) is 3.80. The van der Waals surface area contributed by atoms with Crippen LogP contribution in [0.15, 0.2) is 0 Å². The molecule has 4 nitrogen and oxygen atoms in total. The summed E-state index contributed by atoms with van der Waals surface area (Å²) >= 11 is 0. The summed E-state index contributed by atoms with van der Waals surface area (Å²) in [5.41, 5.74) is -0.168. The highest BCUT2D eigenvalue weighted by Crippen LogP contribution is 2.18. The molecule has 0 heterocycles. The number of nitrogens with one attached hydrogen (secondary N) is 1. The SMILES string of the molecule is CNC(CCCS(C)(=O)=O)CC(C)(C)OC. The topological polar surface area (TPSA) is 55.4 Å². The Labute approximate surface area is 99.7 Å². The van der Waals surface area contributed by atoms with E-state index in [2.05, 4.69) is 5.32 Å². The normalized spacial score (nSPS) is 15.1. The van der Waals surface area contributed by atoms with E-state index in [1.165, 1.54) is 6.26 Å². The third-order valence-electron chi connectivity index (χ3n) is 2.77. The molecule has 0 aromatic heterocycles. The lowest BCUT2D eigenvalue weighted by Gasteiger charge is -2.28. The molecule has 0 aliphatic carbocycles. The molecule has 5 heteroatoms. The molecular weight excluding hydrogens is 226 g/mol. The first-order valence-corrected chi connectivity index (χ1v) is 7.66. The van der Waals surface area contributed by atoms with Crippen LogP contribution in [0.2, 0.25) is 0 Å². The second kappa shape index (κ2) is 6.57. The number of methoxy groups -OCH3 is 1.